The number of fused-ring (bicyclic) bond motifs is 2. The number of rotatable bonds is 9. The van der Waals surface area contributed by atoms with Crippen molar-refractivity contribution >= 4 is 52.9 Å². The van der Waals surface area contributed by atoms with Crippen LogP contribution in [0.25, 0.3) is 56.2 Å². The summed E-state index contributed by atoms with van der Waals surface area (Å²) in [6.07, 6.45) is 7.09. The zero-order chi connectivity index (χ0) is 34.1. The lowest BCUT2D eigenvalue weighted by atomic mass is 10.2. The minimum absolute atomic E-state index is 0.244. The van der Waals surface area contributed by atoms with Crippen molar-refractivity contribution in [3.8, 4) is 34.3 Å². The first-order valence-electron chi connectivity index (χ1n) is 15.9. The lowest BCUT2D eigenvalue weighted by Crippen LogP contribution is -2.00. The summed E-state index contributed by atoms with van der Waals surface area (Å²) in [6, 6.07) is 39.3. The number of hydrogen-bond acceptors (Lipinski definition) is 10. The molecule has 0 aliphatic heterocycles. The van der Waals surface area contributed by atoms with Crippen molar-refractivity contribution in [1.29, 1.82) is 0 Å². The number of nitrogens with zero attached hydrogens (tertiary/aromatic N) is 9. The molecule has 5 aromatic heterocycles. The van der Waals surface area contributed by atoms with E-state index in [-0.39, 0.29) is 11.1 Å². The fourth-order valence-electron chi connectivity index (χ4n) is 5.70. The van der Waals surface area contributed by atoms with Crippen molar-refractivity contribution in [2.45, 2.75) is 5.16 Å². The molecular weight excluding hydrogens is 661 g/mol. The van der Waals surface area contributed by atoms with Crippen LogP contribution in [-0.2, 0) is 0 Å². The van der Waals surface area contributed by atoms with E-state index in [0.717, 1.165) is 38.9 Å². The lowest BCUT2D eigenvalue weighted by molar-refractivity contribution is 0.626. The SMILES string of the molecule is Sc1nnc(N/N=C/c2cn(-c3ccccc3)nc2-c2cc3ccccc3o2)n1/N=C/c1cn(-c2ccccc2)nc1-c1cc2ccccc2o1. The van der Waals surface area contributed by atoms with E-state index in [0.29, 0.717) is 28.5 Å². The van der Waals surface area contributed by atoms with Crippen LogP contribution in [0.4, 0.5) is 5.95 Å². The Labute approximate surface area is 295 Å². The third-order valence-electron chi connectivity index (χ3n) is 8.15. The minimum Gasteiger partial charge on any atom is -0.454 e. The molecule has 5 heterocycles. The molecule has 4 aromatic carbocycles. The number of benzene rings is 4. The van der Waals surface area contributed by atoms with Crippen molar-refractivity contribution in [2.24, 2.45) is 10.2 Å². The number of hydrazone groups is 1. The van der Waals surface area contributed by atoms with Gasteiger partial charge in [0, 0.05) is 34.3 Å². The van der Waals surface area contributed by atoms with Gasteiger partial charge in [0.1, 0.15) is 22.6 Å². The molecule has 12 nitrogen and oxygen atoms in total. The highest BCUT2D eigenvalue weighted by Crippen LogP contribution is 2.31. The van der Waals surface area contributed by atoms with Gasteiger partial charge in [-0.2, -0.15) is 25.1 Å². The van der Waals surface area contributed by atoms with Gasteiger partial charge in [0.25, 0.3) is 5.95 Å². The molecule has 1 N–H and O–H groups in total. The molecule has 0 bridgehead atoms. The Morgan fingerprint density at radius 3 is 1.67 bits per heavy atom. The fourth-order valence-corrected chi connectivity index (χ4v) is 5.89. The van der Waals surface area contributed by atoms with Crippen LogP contribution in [-0.4, -0.2) is 46.9 Å². The number of hydrogen-bond donors (Lipinski definition) is 2. The minimum atomic E-state index is 0.244. The Bertz CT molecular complexity index is 2640. The van der Waals surface area contributed by atoms with Gasteiger partial charge in [-0.1, -0.05) is 72.8 Å². The number of anilines is 1. The topological polar surface area (TPSA) is 129 Å². The van der Waals surface area contributed by atoms with Crippen LogP contribution in [0.1, 0.15) is 11.1 Å². The normalized spacial score (nSPS) is 11.9. The van der Waals surface area contributed by atoms with E-state index >= 15 is 0 Å². The van der Waals surface area contributed by atoms with Crippen molar-refractivity contribution < 1.29 is 8.83 Å². The van der Waals surface area contributed by atoms with E-state index in [9.17, 15) is 0 Å². The molecule has 51 heavy (non-hydrogen) atoms. The molecule has 9 aromatic rings. The smallest absolute Gasteiger partial charge is 0.266 e. The number of furan rings is 2. The van der Waals surface area contributed by atoms with Gasteiger partial charge >= 0.3 is 0 Å². The fraction of sp³-hybridized carbons (Fsp3) is 0. The molecule has 0 saturated heterocycles. The predicted octanol–water partition coefficient (Wildman–Crippen LogP) is 8.09. The van der Waals surface area contributed by atoms with Crippen LogP contribution in [0, 0.1) is 0 Å². The largest absolute Gasteiger partial charge is 0.454 e. The molecule has 9 rings (SSSR count). The Balaban J connectivity index is 1.04. The summed E-state index contributed by atoms with van der Waals surface area (Å²) in [7, 11) is 0. The molecule has 0 atom stereocenters. The highest BCUT2D eigenvalue weighted by atomic mass is 32.1. The zero-order valence-electron chi connectivity index (χ0n) is 26.6. The van der Waals surface area contributed by atoms with E-state index < -0.39 is 0 Å². The third-order valence-corrected chi connectivity index (χ3v) is 8.43. The van der Waals surface area contributed by atoms with Crippen LogP contribution in [0.5, 0.6) is 0 Å². The van der Waals surface area contributed by atoms with Gasteiger partial charge in [0.2, 0.25) is 5.16 Å². The maximum Gasteiger partial charge on any atom is 0.266 e. The quantitative estimate of drug-likeness (QED) is 0.0892. The molecule has 246 valence electrons. The van der Waals surface area contributed by atoms with Gasteiger partial charge in [-0.3, -0.25) is 0 Å². The average Bonchev–Trinajstić information content (AvgIpc) is 4.01. The van der Waals surface area contributed by atoms with Crippen molar-refractivity contribution in [1.82, 2.24) is 34.4 Å². The molecule has 0 aliphatic rings. The highest BCUT2D eigenvalue weighted by Gasteiger charge is 2.18. The van der Waals surface area contributed by atoms with Crippen molar-refractivity contribution in [3.63, 3.8) is 0 Å². The molecule has 0 amide bonds. The number of thiol groups is 1. The summed E-state index contributed by atoms with van der Waals surface area (Å²) in [5, 5.41) is 29.4. The summed E-state index contributed by atoms with van der Waals surface area (Å²) in [5.74, 6) is 1.48. The van der Waals surface area contributed by atoms with Gasteiger partial charge in [-0.25, -0.2) is 14.8 Å². The second-order valence-electron chi connectivity index (χ2n) is 11.5. The van der Waals surface area contributed by atoms with Crippen LogP contribution in [0.2, 0.25) is 0 Å². The lowest BCUT2D eigenvalue weighted by Gasteiger charge is -2.00. The molecule has 0 saturated carbocycles. The molecule has 0 radical (unpaired) electrons. The first-order chi connectivity index (χ1) is 25.2. The summed E-state index contributed by atoms with van der Waals surface area (Å²) in [6.45, 7) is 0. The summed E-state index contributed by atoms with van der Waals surface area (Å²) in [5.41, 5.74) is 8.96. The Hall–Kier alpha value is -6.99. The van der Waals surface area contributed by atoms with Gasteiger partial charge < -0.3 is 8.83 Å². The van der Waals surface area contributed by atoms with E-state index in [2.05, 4.69) is 38.5 Å². The molecule has 0 aliphatic carbocycles. The number of aromatic nitrogens is 7. The van der Waals surface area contributed by atoms with Crippen LogP contribution in [0.15, 0.2) is 158 Å². The first-order valence-corrected chi connectivity index (χ1v) is 16.4. The Morgan fingerprint density at radius 2 is 1.12 bits per heavy atom. The van der Waals surface area contributed by atoms with Crippen LogP contribution < -0.4 is 5.43 Å². The summed E-state index contributed by atoms with van der Waals surface area (Å²) in [4.78, 5) is 0. The maximum atomic E-state index is 6.18. The molecule has 13 heteroatoms. The zero-order valence-corrected chi connectivity index (χ0v) is 27.5. The van der Waals surface area contributed by atoms with E-state index in [4.69, 9.17) is 19.0 Å². The number of nitrogens with one attached hydrogen (secondary N) is 1. The van der Waals surface area contributed by atoms with Gasteiger partial charge in [-0.05, 0) is 48.5 Å². The number of para-hydroxylation sites is 4. The van der Waals surface area contributed by atoms with Crippen molar-refractivity contribution in [3.05, 3.63) is 145 Å². The van der Waals surface area contributed by atoms with E-state index in [1.165, 1.54) is 4.68 Å². The van der Waals surface area contributed by atoms with Gasteiger partial charge in [-0.15, -0.1) is 22.8 Å². The van der Waals surface area contributed by atoms with Crippen LogP contribution >= 0.6 is 12.6 Å². The Kier molecular flexibility index (Phi) is 7.55. The second kappa shape index (κ2) is 12.8. The highest BCUT2D eigenvalue weighted by molar-refractivity contribution is 7.80. The monoisotopic (exact) mass is 686 g/mol. The van der Waals surface area contributed by atoms with Gasteiger partial charge in [0.15, 0.2) is 11.5 Å². The molecule has 0 fully saturated rings. The maximum absolute atomic E-state index is 6.18. The molecular formula is C38H26N10O2S. The first kappa shape index (κ1) is 30.1. The molecule has 0 unspecified atom stereocenters. The predicted molar refractivity (Wildman–Crippen MR) is 199 cm³/mol. The van der Waals surface area contributed by atoms with Gasteiger partial charge in [0.05, 0.1) is 23.8 Å². The third kappa shape index (κ3) is 5.87. The van der Waals surface area contributed by atoms with Crippen molar-refractivity contribution in [2.75, 3.05) is 5.43 Å². The van der Waals surface area contributed by atoms with E-state index in [1.54, 1.807) is 21.8 Å². The van der Waals surface area contributed by atoms with E-state index in [1.807, 2.05) is 134 Å². The second-order valence-corrected chi connectivity index (χ2v) is 11.9. The Morgan fingerprint density at radius 1 is 0.608 bits per heavy atom. The average molecular weight is 687 g/mol. The molecule has 0 spiro atoms. The summed E-state index contributed by atoms with van der Waals surface area (Å²) >= 11 is 4.50. The standard InChI is InChI=1S/C38H26N10O2S/c51-38-43-42-37(41-39-21-27-23-46(29-13-3-1-4-14-29)44-35(27)33-19-25-11-7-9-17-31(25)49-33)48(38)40-22-28-24-47(30-15-5-2-6-16-30)45-36(28)34-20-26-12-8-10-18-32(26)50-34/h1-24H,(H,41,42)(H,43,51)/b39-21+,40-22+. The van der Waals surface area contributed by atoms with Crippen LogP contribution in [0.3, 0.4) is 0 Å². The summed E-state index contributed by atoms with van der Waals surface area (Å²) < 4.78 is 17.4.